The van der Waals surface area contributed by atoms with Crippen molar-refractivity contribution in [2.75, 3.05) is 17.2 Å². The van der Waals surface area contributed by atoms with E-state index in [9.17, 15) is 5.11 Å². The van der Waals surface area contributed by atoms with Crippen LogP contribution in [0, 0.1) is 11.3 Å². The molecule has 0 spiro atoms. The number of aliphatic hydroxyl groups excluding tert-OH is 1. The molecule has 3 aromatic heterocycles. The average Bonchev–Trinajstić information content (AvgIpc) is 3.45. The zero-order chi connectivity index (χ0) is 20.5. The molecule has 5 heterocycles. The maximum Gasteiger partial charge on any atom is 0.226 e. The number of aliphatic hydroxyl groups is 1. The van der Waals surface area contributed by atoms with Crippen molar-refractivity contribution in [3.8, 4) is 6.07 Å². The highest BCUT2D eigenvalue weighted by Crippen LogP contribution is 2.37. The van der Waals surface area contributed by atoms with Crippen LogP contribution < -0.4 is 10.6 Å². The van der Waals surface area contributed by atoms with Crippen molar-refractivity contribution in [3.63, 3.8) is 0 Å². The van der Waals surface area contributed by atoms with Crippen LogP contribution in [0.15, 0.2) is 17.5 Å². The molecule has 0 saturated carbocycles. The van der Waals surface area contributed by atoms with Gasteiger partial charge in [-0.1, -0.05) is 0 Å². The van der Waals surface area contributed by atoms with Gasteiger partial charge in [0.2, 0.25) is 5.95 Å². The van der Waals surface area contributed by atoms with Gasteiger partial charge in [0.25, 0.3) is 0 Å². The number of hydrogen-bond donors (Lipinski definition) is 4. The van der Waals surface area contributed by atoms with Crippen molar-refractivity contribution in [1.29, 1.82) is 5.26 Å². The summed E-state index contributed by atoms with van der Waals surface area (Å²) in [6, 6.07) is 7.45. The molecule has 2 fully saturated rings. The van der Waals surface area contributed by atoms with Gasteiger partial charge in [-0.05, 0) is 37.1 Å². The summed E-state index contributed by atoms with van der Waals surface area (Å²) >= 11 is 1.58. The molecule has 0 amide bonds. The van der Waals surface area contributed by atoms with E-state index >= 15 is 0 Å². The summed E-state index contributed by atoms with van der Waals surface area (Å²) in [6.45, 7) is 0.790. The van der Waals surface area contributed by atoms with Gasteiger partial charge in [0.05, 0.1) is 23.8 Å². The molecule has 4 N–H and O–H groups in total. The van der Waals surface area contributed by atoms with Crippen molar-refractivity contribution >= 4 is 39.1 Å². The summed E-state index contributed by atoms with van der Waals surface area (Å²) in [4.78, 5) is 12.9. The summed E-state index contributed by atoms with van der Waals surface area (Å²) in [6.07, 6.45) is 5.12. The normalized spacial score (nSPS) is 23.5. The second-order valence-electron chi connectivity index (χ2n) is 7.94. The molecule has 30 heavy (non-hydrogen) atoms. The Hall–Kier alpha value is -2.74. The second kappa shape index (κ2) is 8.18. The van der Waals surface area contributed by atoms with Gasteiger partial charge in [0, 0.05) is 37.2 Å². The standard InChI is InChI=1S/C20H24N8OS/c21-5-1-6-28-14-2-3-15(28)9-12(8-14)22-20-24-18(16-4-7-30-19(16)25-20)23-17-10-13(11-29)26-27-17/h4,7,10,12,14-15,29H,1-3,6,8-9,11H2,(H3,22,23,24,25,26,27). The first-order valence-electron chi connectivity index (χ1n) is 10.3. The zero-order valence-electron chi connectivity index (χ0n) is 16.5. The predicted molar refractivity (Wildman–Crippen MR) is 116 cm³/mol. The van der Waals surface area contributed by atoms with Crippen LogP contribution in [0.4, 0.5) is 17.6 Å². The number of rotatable bonds is 7. The van der Waals surface area contributed by atoms with Gasteiger partial charge in [0.1, 0.15) is 10.6 Å². The van der Waals surface area contributed by atoms with E-state index in [-0.39, 0.29) is 6.61 Å². The van der Waals surface area contributed by atoms with E-state index in [0.717, 1.165) is 29.6 Å². The van der Waals surface area contributed by atoms with Gasteiger partial charge < -0.3 is 15.7 Å². The third-order valence-electron chi connectivity index (χ3n) is 6.07. The van der Waals surface area contributed by atoms with Crippen LogP contribution in [0.3, 0.4) is 0 Å². The molecule has 0 radical (unpaired) electrons. The van der Waals surface area contributed by atoms with Crippen LogP contribution in [-0.4, -0.2) is 54.8 Å². The number of anilines is 3. The minimum absolute atomic E-state index is 0.0888. The molecule has 2 saturated heterocycles. The van der Waals surface area contributed by atoms with Crippen LogP contribution in [-0.2, 0) is 6.61 Å². The van der Waals surface area contributed by atoms with E-state index in [4.69, 9.17) is 15.2 Å². The molecular formula is C20H24N8OS. The van der Waals surface area contributed by atoms with E-state index in [1.54, 1.807) is 17.4 Å². The molecule has 2 unspecified atom stereocenters. The maximum atomic E-state index is 9.24. The summed E-state index contributed by atoms with van der Waals surface area (Å²) in [7, 11) is 0. The third-order valence-corrected chi connectivity index (χ3v) is 6.88. The summed E-state index contributed by atoms with van der Waals surface area (Å²) in [5.41, 5.74) is 0.644. The number of hydrogen-bond acceptors (Lipinski definition) is 9. The molecule has 0 aromatic carbocycles. The van der Waals surface area contributed by atoms with E-state index in [0.29, 0.717) is 47.8 Å². The minimum Gasteiger partial charge on any atom is -0.390 e. The number of aromatic nitrogens is 4. The second-order valence-corrected chi connectivity index (χ2v) is 8.83. The lowest BCUT2D eigenvalue weighted by molar-refractivity contribution is 0.135. The van der Waals surface area contributed by atoms with Crippen LogP contribution in [0.25, 0.3) is 10.2 Å². The highest BCUT2D eigenvalue weighted by atomic mass is 32.1. The Labute approximate surface area is 178 Å². The number of piperidine rings is 1. The monoisotopic (exact) mass is 424 g/mol. The Balaban J connectivity index is 1.33. The first kappa shape index (κ1) is 19.2. The third kappa shape index (κ3) is 3.71. The molecule has 2 aliphatic heterocycles. The summed E-state index contributed by atoms with van der Waals surface area (Å²) in [5.74, 6) is 1.94. The number of fused-ring (bicyclic) bond motifs is 3. The zero-order valence-corrected chi connectivity index (χ0v) is 17.3. The van der Waals surface area contributed by atoms with Crippen molar-refractivity contribution in [1.82, 2.24) is 25.1 Å². The Kier molecular flexibility index (Phi) is 5.25. The fourth-order valence-electron chi connectivity index (χ4n) is 4.76. The van der Waals surface area contributed by atoms with Crippen molar-refractivity contribution in [3.05, 3.63) is 23.2 Å². The Morgan fingerprint density at radius 2 is 2.13 bits per heavy atom. The molecule has 0 aliphatic carbocycles. The minimum atomic E-state index is -0.0888. The molecular weight excluding hydrogens is 400 g/mol. The lowest BCUT2D eigenvalue weighted by Gasteiger charge is -2.38. The average molecular weight is 425 g/mol. The first-order valence-corrected chi connectivity index (χ1v) is 11.2. The predicted octanol–water partition coefficient (Wildman–Crippen LogP) is 2.97. The van der Waals surface area contributed by atoms with Crippen LogP contribution in [0.5, 0.6) is 0 Å². The SMILES string of the molecule is N#CCCN1C2CCC1CC(Nc1nc(Nc3cc(CO)[nH]n3)c3ccsc3n1)C2. The van der Waals surface area contributed by atoms with Gasteiger partial charge >= 0.3 is 0 Å². The molecule has 156 valence electrons. The van der Waals surface area contributed by atoms with Crippen molar-refractivity contribution < 1.29 is 5.11 Å². The number of nitrogens with one attached hydrogen (secondary N) is 3. The van der Waals surface area contributed by atoms with E-state index < -0.39 is 0 Å². The number of H-pyrrole nitrogens is 1. The number of thiophene rings is 1. The van der Waals surface area contributed by atoms with Crippen LogP contribution in [0.1, 0.15) is 37.8 Å². The first-order chi connectivity index (χ1) is 14.7. The van der Waals surface area contributed by atoms with Gasteiger partial charge in [-0.25, -0.2) is 4.98 Å². The highest BCUT2D eigenvalue weighted by molar-refractivity contribution is 7.16. The van der Waals surface area contributed by atoms with Crippen LogP contribution in [0.2, 0.25) is 0 Å². The number of nitriles is 1. The fourth-order valence-corrected chi connectivity index (χ4v) is 5.53. The molecule has 2 aliphatic rings. The van der Waals surface area contributed by atoms with Gasteiger partial charge in [0.15, 0.2) is 5.82 Å². The van der Waals surface area contributed by atoms with E-state index in [1.165, 1.54) is 12.8 Å². The smallest absolute Gasteiger partial charge is 0.226 e. The lowest BCUT2D eigenvalue weighted by Crippen LogP contribution is -2.47. The van der Waals surface area contributed by atoms with Crippen molar-refractivity contribution in [2.24, 2.45) is 0 Å². The summed E-state index contributed by atoms with van der Waals surface area (Å²) < 4.78 is 0. The van der Waals surface area contributed by atoms with E-state index in [1.807, 2.05) is 11.4 Å². The molecule has 2 atom stereocenters. The molecule has 10 heteroatoms. The van der Waals surface area contributed by atoms with Crippen molar-refractivity contribution in [2.45, 2.75) is 56.8 Å². The largest absolute Gasteiger partial charge is 0.390 e. The number of nitrogens with zero attached hydrogens (tertiary/aromatic N) is 5. The lowest BCUT2D eigenvalue weighted by atomic mass is 9.97. The van der Waals surface area contributed by atoms with Gasteiger partial charge in [-0.15, -0.1) is 11.3 Å². The molecule has 3 aromatic rings. The highest BCUT2D eigenvalue weighted by Gasteiger charge is 2.40. The quantitative estimate of drug-likeness (QED) is 0.456. The molecule has 2 bridgehead atoms. The molecule has 5 rings (SSSR count). The maximum absolute atomic E-state index is 9.24. The fraction of sp³-hybridized carbons (Fsp3) is 0.500. The summed E-state index contributed by atoms with van der Waals surface area (Å²) in [5, 5.41) is 34.9. The Bertz CT molecular complexity index is 1060. The topological polar surface area (TPSA) is 126 Å². The van der Waals surface area contributed by atoms with Gasteiger partial charge in [-0.3, -0.25) is 10.00 Å². The van der Waals surface area contributed by atoms with Crippen LogP contribution >= 0.6 is 11.3 Å². The van der Waals surface area contributed by atoms with E-state index in [2.05, 4.69) is 31.8 Å². The Morgan fingerprint density at radius 1 is 1.30 bits per heavy atom. The van der Waals surface area contributed by atoms with Gasteiger partial charge in [-0.2, -0.15) is 15.3 Å². The molecule has 9 nitrogen and oxygen atoms in total. The Morgan fingerprint density at radius 3 is 2.87 bits per heavy atom. The number of aromatic amines is 1.